The normalized spacial score (nSPS) is 10.9. The number of nitrogens with one attached hydrogen (secondary N) is 1. The largest absolute Gasteiger partial charge is 0.320 e. The Kier molecular flexibility index (Phi) is 5.31. The molecule has 0 bridgehead atoms. The zero-order valence-corrected chi connectivity index (χ0v) is 13.5. The summed E-state index contributed by atoms with van der Waals surface area (Å²) in [5.74, 6) is -1.01. The third-order valence-corrected chi connectivity index (χ3v) is 3.68. The van der Waals surface area contributed by atoms with Gasteiger partial charge in [0.1, 0.15) is 17.5 Å². The lowest BCUT2D eigenvalue weighted by Gasteiger charge is -2.06. The lowest BCUT2D eigenvalue weighted by atomic mass is 10.1. The highest BCUT2D eigenvalue weighted by Crippen LogP contribution is 2.22. The third kappa shape index (κ3) is 3.94. The number of anilines is 1. The summed E-state index contributed by atoms with van der Waals surface area (Å²) in [6, 6.07) is 12.7. The molecular formula is C16H9BrClFN2O. The topological polar surface area (TPSA) is 52.9 Å². The Morgan fingerprint density at radius 1 is 1.32 bits per heavy atom. The molecule has 0 saturated carbocycles. The molecule has 2 aromatic carbocycles. The summed E-state index contributed by atoms with van der Waals surface area (Å²) in [7, 11) is 0. The summed E-state index contributed by atoms with van der Waals surface area (Å²) in [6.07, 6.45) is 1.37. The molecular weight excluding hydrogens is 371 g/mol. The maximum absolute atomic E-state index is 13.2. The number of rotatable bonds is 3. The van der Waals surface area contributed by atoms with E-state index in [0.717, 1.165) is 0 Å². The van der Waals surface area contributed by atoms with Crippen LogP contribution in [0, 0.1) is 17.1 Å². The first-order chi connectivity index (χ1) is 10.5. The van der Waals surface area contributed by atoms with Gasteiger partial charge in [-0.15, -0.1) is 0 Å². The van der Waals surface area contributed by atoms with E-state index >= 15 is 0 Å². The van der Waals surface area contributed by atoms with Gasteiger partial charge < -0.3 is 5.32 Å². The van der Waals surface area contributed by atoms with E-state index in [9.17, 15) is 9.18 Å². The molecule has 110 valence electrons. The van der Waals surface area contributed by atoms with Crippen LogP contribution in [-0.4, -0.2) is 5.91 Å². The van der Waals surface area contributed by atoms with Gasteiger partial charge in [-0.1, -0.05) is 29.8 Å². The molecule has 0 atom stereocenters. The summed E-state index contributed by atoms with van der Waals surface area (Å²) in [6.45, 7) is 0. The highest BCUT2D eigenvalue weighted by Gasteiger charge is 2.11. The van der Waals surface area contributed by atoms with Crippen molar-refractivity contribution >= 4 is 45.2 Å². The number of amides is 1. The van der Waals surface area contributed by atoms with Crippen LogP contribution in [0.25, 0.3) is 6.08 Å². The van der Waals surface area contributed by atoms with Gasteiger partial charge in [0.15, 0.2) is 0 Å². The molecule has 0 spiro atoms. The van der Waals surface area contributed by atoms with Crippen molar-refractivity contribution in [3.05, 3.63) is 68.9 Å². The molecule has 0 aliphatic rings. The van der Waals surface area contributed by atoms with Gasteiger partial charge in [0, 0.05) is 0 Å². The van der Waals surface area contributed by atoms with Crippen LogP contribution in [0.1, 0.15) is 5.56 Å². The first-order valence-electron chi connectivity index (χ1n) is 6.14. The number of carbonyl (C=O) groups excluding carboxylic acids is 1. The summed E-state index contributed by atoms with van der Waals surface area (Å²) in [5, 5.41) is 12.1. The Morgan fingerprint density at radius 3 is 2.68 bits per heavy atom. The third-order valence-electron chi connectivity index (χ3n) is 2.74. The van der Waals surface area contributed by atoms with Crippen molar-refractivity contribution in [2.24, 2.45) is 0 Å². The van der Waals surface area contributed by atoms with E-state index in [1.165, 1.54) is 24.3 Å². The van der Waals surface area contributed by atoms with Crippen LogP contribution in [0.2, 0.25) is 5.02 Å². The molecule has 0 radical (unpaired) electrons. The van der Waals surface area contributed by atoms with Crippen molar-refractivity contribution in [1.29, 1.82) is 5.26 Å². The zero-order chi connectivity index (χ0) is 16.1. The maximum atomic E-state index is 13.2. The van der Waals surface area contributed by atoms with Crippen molar-refractivity contribution in [2.45, 2.75) is 0 Å². The Labute approximate surface area is 140 Å². The number of hydrogen-bond acceptors (Lipinski definition) is 2. The van der Waals surface area contributed by atoms with Gasteiger partial charge in [-0.05, 0) is 51.8 Å². The smallest absolute Gasteiger partial charge is 0.266 e. The molecule has 22 heavy (non-hydrogen) atoms. The van der Waals surface area contributed by atoms with Gasteiger partial charge in [-0.25, -0.2) is 4.39 Å². The molecule has 0 aliphatic carbocycles. The summed E-state index contributed by atoms with van der Waals surface area (Å²) in [5.41, 5.74) is 0.827. The fourth-order valence-corrected chi connectivity index (χ4v) is 2.25. The Balaban J connectivity index is 2.26. The van der Waals surface area contributed by atoms with E-state index in [4.69, 9.17) is 16.9 Å². The van der Waals surface area contributed by atoms with Crippen molar-refractivity contribution < 1.29 is 9.18 Å². The van der Waals surface area contributed by atoms with Gasteiger partial charge >= 0.3 is 0 Å². The molecule has 0 unspecified atom stereocenters. The predicted octanol–water partition coefficient (Wildman–Crippen LogP) is 4.79. The summed E-state index contributed by atoms with van der Waals surface area (Å²) >= 11 is 9.00. The van der Waals surface area contributed by atoms with Crippen LogP contribution in [0.15, 0.2) is 52.5 Å². The highest BCUT2D eigenvalue weighted by atomic mass is 79.9. The Morgan fingerprint density at radius 2 is 2.05 bits per heavy atom. The second kappa shape index (κ2) is 7.21. The van der Waals surface area contributed by atoms with E-state index in [1.54, 1.807) is 24.3 Å². The zero-order valence-electron chi connectivity index (χ0n) is 11.1. The van der Waals surface area contributed by atoms with E-state index in [1.807, 2.05) is 6.07 Å². The molecule has 0 aliphatic heterocycles. The number of halogens is 3. The van der Waals surface area contributed by atoms with Crippen molar-refractivity contribution in [3.8, 4) is 6.07 Å². The number of nitrogens with zero attached hydrogens (tertiary/aromatic N) is 1. The molecule has 0 fully saturated rings. The first kappa shape index (κ1) is 16.2. The Hall–Kier alpha value is -2.16. The second-order valence-corrected chi connectivity index (χ2v) is 5.54. The number of carbonyl (C=O) groups is 1. The standard InChI is InChI=1S/C16H9BrClFN2O/c17-12-8-10(5-6-14(12)19)7-11(9-20)16(22)21-15-4-2-1-3-13(15)18/h1-8H,(H,21,22)/b11-7+. The number of para-hydroxylation sites is 1. The van der Waals surface area contributed by atoms with Gasteiger partial charge in [-0.3, -0.25) is 4.79 Å². The average Bonchev–Trinajstić information content (AvgIpc) is 2.50. The molecule has 0 saturated heterocycles. The molecule has 1 amide bonds. The Bertz CT molecular complexity index is 799. The molecule has 3 nitrogen and oxygen atoms in total. The number of nitriles is 1. The monoisotopic (exact) mass is 378 g/mol. The molecule has 2 aromatic rings. The minimum atomic E-state index is -0.587. The lowest BCUT2D eigenvalue weighted by molar-refractivity contribution is -0.112. The maximum Gasteiger partial charge on any atom is 0.266 e. The van der Waals surface area contributed by atoms with E-state index in [2.05, 4.69) is 21.2 Å². The average molecular weight is 380 g/mol. The fraction of sp³-hybridized carbons (Fsp3) is 0. The molecule has 0 aromatic heterocycles. The second-order valence-electron chi connectivity index (χ2n) is 4.28. The predicted molar refractivity (Wildman–Crippen MR) is 87.8 cm³/mol. The minimum Gasteiger partial charge on any atom is -0.320 e. The molecule has 0 heterocycles. The molecule has 1 N–H and O–H groups in total. The van der Waals surface area contributed by atoms with Crippen LogP contribution in [-0.2, 0) is 4.79 Å². The van der Waals surface area contributed by atoms with Crippen LogP contribution in [0.5, 0.6) is 0 Å². The van der Waals surface area contributed by atoms with Gasteiger partial charge in [-0.2, -0.15) is 5.26 Å². The van der Waals surface area contributed by atoms with E-state index < -0.39 is 11.7 Å². The first-order valence-corrected chi connectivity index (χ1v) is 7.31. The van der Waals surface area contributed by atoms with Crippen LogP contribution in [0.4, 0.5) is 10.1 Å². The van der Waals surface area contributed by atoms with Gasteiger partial charge in [0.2, 0.25) is 0 Å². The highest BCUT2D eigenvalue weighted by molar-refractivity contribution is 9.10. The summed E-state index contributed by atoms with van der Waals surface area (Å²) < 4.78 is 13.4. The van der Waals surface area contributed by atoms with Crippen LogP contribution >= 0.6 is 27.5 Å². The van der Waals surface area contributed by atoms with E-state index in [0.29, 0.717) is 16.3 Å². The lowest BCUT2D eigenvalue weighted by Crippen LogP contribution is -2.13. The molecule has 2 rings (SSSR count). The quantitative estimate of drug-likeness (QED) is 0.616. The van der Waals surface area contributed by atoms with E-state index in [-0.39, 0.29) is 10.0 Å². The number of hydrogen-bond donors (Lipinski definition) is 1. The van der Waals surface area contributed by atoms with Gasteiger partial charge in [0.05, 0.1) is 15.2 Å². The van der Waals surface area contributed by atoms with Crippen molar-refractivity contribution in [1.82, 2.24) is 0 Å². The van der Waals surface area contributed by atoms with Crippen molar-refractivity contribution in [3.63, 3.8) is 0 Å². The minimum absolute atomic E-state index is 0.113. The van der Waals surface area contributed by atoms with Crippen molar-refractivity contribution in [2.75, 3.05) is 5.32 Å². The van der Waals surface area contributed by atoms with Crippen LogP contribution in [0.3, 0.4) is 0 Å². The molecule has 6 heteroatoms. The number of benzene rings is 2. The van der Waals surface area contributed by atoms with Crippen LogP contribution < -0.4 is 5.32 Å². The van der Waals surface area contributed by atoms with Gasteiger partial charge in [0.25, 0.3) is 5.91 Å². The fourth-order valence-electron chi connectivity index (χ4n) is 1.67. The SMILES string of the molecule is N#C/C(=C\c1ccc(F)c(Br)c1)C(=O)Nc1ccccc1Cl. The summed E-state index contributed by atoms with van der Waals surface area (Å²) in [4.78, 5) is 12.1.